The number of carbonyl (C=O) groups is 2. The first-order valence-corrected chi connectivity index (χ1v) is 10.8. The van der Waals surface area contributed by atoms with E-state index in [1.165, 1.54) is 4.88 Å². The molecule has 6 nitrogen and oxygen atoms in total. The van der Waals surface area contributed by atoms with E-state index in [0.717, 1.165) is 50.9 Å². The van der Waals surface area contributed by atoms with Crippen molar-refractivity contribution in [2.75, 3.05) is 13.2 Å². The Labute approximate surface area is 175 Å². The Bertz CT molecular complexity index is 785. The van der Waals surface area contributed by atoms with Gasteiger partial charge in [0, 0.05) is 36.0 Å². The summed E-state index contributed by atoms with van der Waals surface area (Å²) in [6, 6.07) is 11.5. The van der Waals surface area contributed by atoms with Crippen LogP contribution >= 0.6 is 11.3 Å². The van der Waals surface area contributed by atoms with Gasteiger partial charge in [-0.3, -0.25) is 9.59 Å². The standard InChI is InChI=1S/C12H11NOS.C6H10O2.C4H7NO/c13-12(14)11-6-2-1-4-9(11)8-10-5-3-7-15-10;1-3-7-6-2-4-8-5(1)6;5-4(6)3-1-2-3/h1-7H,8H2,(H2,13,14);5-6H,1-4H2;3H,1-2H2,(H2,5,6). The first-order valence-electron chi connectivity index (χ1n) is 9.97. The van der Waals surface area contributed by atoms with E-state index >= 15 is 0 Å². The number of amides is 2. The quantitative estimate of drug-likeness (QED) is 0.799. The molecule has 29 heavy (non-hydrogen) atoms. The zero-order chi connectivity index (χ0) is 20.6. The van der Waals surface area contributed by atoms with Crippen LogP contribution in [0.5, 0.6) is 0 Å². The number of ether oxygens (including phenoxy) is 2. The van der Waals surface area contributed by atoms with E-state index < -0.39 is 0 Å². The van der Waals surface area contributed by atoms with Crippen molar-refractivity contribution in [3.05, 3.63) is 57.8 Å². The summed E-state index contributed by atoms with van der Waals surface area (Å²) in [4.78, 5) is 22.4. The summed E-state index contributed by atoms with van der Waals surface area (Å²) >= 11 is 1.69. The molecule has 1 aromatic heterocycles. The van der Waals surface area contributed by atoms with Crippen LogP contribution in [0.1, 0.15) is 46.5 Å². The fourth-order valence-corrected chi connectivity index (χ4v) is 4.04. The third kappa shape index (κ3) is 6.66. The van der Waals surface area contributed by atoms with Gasteiger partial charge in [-0.05, 0) is 48.8 Å². The van der Waals surface area contributed by atoms with Gasteiger partial charge in [-0.25, -0.2) is 0 Å². The molecule has 2 unspecified atom stereocenters. The average Bonchev–Trinajstić information content (AvgIpc) is 3.05. The van der Waals surface area contributed by atoms with Crippen molar-refractivity contribution in [2.24, 2.45) is 17.4 Å². The van der Waals surface area contributed by atoms with Crippen LogP contribution in [0.15, 0.2) is 41.8 Å². The van der Waals surface area contributed by atoms with Crippen LogP contribution in [0.2, 0.25) is 0 Å². The normalized spacial score (nSPS) is 21.9. The van der Waals surface area contributed by atoms with Gasteiger partial charge in [-0.15, -0.1) is 11.3 Å². The number of carbonyl (C=O) groups excluding carboxylic acids is 2. The number of thiophene rings is 1. The second kappa shape index (κ2) is 10.5. The highest BCUT2D eigenvalue weighted by Crippen LogP contribution is 2.27. The Morgan fingerprint density at radius 1 is 0.931 bits per heavy atom. The summed E-state index contributed by atoms with van der Waals surface area (Å²) in [5.41, 5.74) is 11.8. The molecular weight excluding hydrogens is 388 g/mol. The lowest BCUT2D eigenvalue weighted by molar-refractivity contribution is -0.119. The van der Waals surface area contributed by atoms with E-state index in [9.17, 15) is 9.59 Å². The van der Waals surface area contributed by atoms with Gasteiger partial charge in [0.1, 0.15) is 0 Å². The average molecular weight is 417 g/mol. The SMILES string of the molecule is C1CC2OCCC2O1.NC(=O)C1CC1.NC(=O)c1ccccc1Cc1cccs1. The molecule has 2 saturated heterocycles. The molecule has 2 amide bonds. The number of fused-ring (bicyclic) bond motifs is 1. The largest absolute Gasteiger partial charge is 0.375 e. The van der Waals surface area contributed by atoms with Crippen LogP contribution in [0.3, 0.4) is 0 Å². The van der Waals surface area contributed by atoms with Gasteiger partial charge in [0.25, 0.3) is 0 Å². The van der Waals surface area contributed by atoms with Crippen molar-refractivity contribution in [3.8, 4) is 0 Å². The monoisotopic (exact) mass is 416 g/mol. The Morgan fingerprint density at radius 3 is 2.07 bits per heavy atom. The molecule has 0 bridgehead atoms. The molecule has 1 aromatic carbocycles. The maximum absolute atomic E-state index is 11.2. The zero-order valence-electron chi connectivity index (χ0n) is 16.4. The molecule has 3 aliphatic rings. The van der Waals surface area contributed by atoms with Gasteiger partial charge in [0.2, 0.25) is 11.8 Å². The second-order valence-corrected chi connectivity index (χ2v) is 8.38. The van der Waals surface area contributed by atoms with Crippen LogP contribution in [-0.4, -0.2) is 37.2 Å². The van der Waals surface area contributed by atoms with E-state index in [-0.39, 0.29) is 17.7 Å². The molecule has 3 fully saturated rings. The number of primary amides is 2. The Kier molecular flexibility index (Phi) is 7.80. The molecule has 1 aliphatic carbocycles. The van der Waals surface area contributed by atoms with Gasteiger partial charge in [0.15, 0.2) is 0 Å². The van der Waals surface area contributed by atoms with Crippen LogP contribution in [0.4, 0.5) is 0 Å². The van der Waals surface area contributed by atoms with Crippen molar-refractivity contribution >= 4 is 23.2 Å². The number of nitrogens with two attached hydrogens (primary N) is 2. The number of rotatable bonds is 4. The van der Waals surface area contributed by atoms with E-state index in [1.54, 1.807) is 17.4 Å². The Morgan fingerprint density at radius 2 is 1.59 bits per heavy atom. The van der Waals surface area contributed by atoms with E-state index in [4.69, 9.17) is 20.9 Å². The molecule has 0 spiro atoms. The molecule has 156 valence electrons. The number of hydrogen-bond acceptors (Lipinski definition) is 5. The highest BCUT2D eigenvalue weighted by Gasteiger charge is 2.33. The molecule has 0 radical (unpaired) electrons. The summed E-state index contributed by atoms with van der Waals surface area (Å²) in [5.74, 6) is -0.248. The highest BCUT2D eigenvalue weighted by atomic mass is 32.1. The van der Waals surface area contributed by atoms with Crippen LogP contribution in [0, 0.1) is 5.92 Å². The highest BCUT2D eigenvalue weighted by molar-refractivity contribution is 7.09. The molecule has 5 rings (SSSR count). The smallest absolute Gasteiger partial charge is 0.248 e. The Balaban J connectivity index is 0.000000142. The summed E-state index contributed by atoms with van der Waals surface area (Å²) in [6.07, 6.45) is 5.96. The summed E-state index contributed by atoms with van der Waals surface area (Å²) < 4.78 is 10.7. The molecule has 2 atom stereocenters. The molecule has 2 aliphatic heterocycles. The summed E-state index contributed by atoms with van der Waals surface area (Å²) in [7, 11) is 0. The minimum absolute atomic E-state index is 0.130. The number of benzene rings is 1. The predicted octanol–water partition coefficient (Wildman–Crippen LogP) is 2.88. The van der Waals surface area contributed by atoms with Gasteiger partial charge in [0.05, 0.1) is 12.2 Å². The van der Waals surface area contributed by atoms with Gasteiger partial charge in [-0.1, -0.05) is 24.3 Å². The van der Waals surface area contributed by atoms with Crippen LogP contribution < -0.4 is 11.5 Å². The van der Waals surface area contributed by atoms with Gasteiger partial charge >= 0.3 is 0 Å². The maximum atomic E-state index is 11.2. The lowest BCUT2D eigenvalue weighted by Crippen LogP contribution is -2.13. The zero-order valence-corrected chi connectivity index (χ0v) is 17.2. The van der Waals surface area contributed by atoms with Crippen molar-refractivity contribution in [1.29, 1.82) is 0 Å². The van der Waals surface area contributed by atoms with Gasteiger partial charge < -0.3 is 20.9 Å². The van der Waals surface area contributed by atoms with E-state index in [0.29, 0.717) is 17.8 Å². The summed E-state index contributed by atoms with van der Waals surface area (Å²) in [6.45, 7) is 1.82. The maximum Gasteiger partial charge on any atom is 0.248 e. The van der Waals surface area contributed by atoms with Gasteiger partial charge in [-0.2, -0.15) is 0 Å². The molecule has 7 heteroatoms. The first-order chi connectivity index (χ1) is 14.0. The lowest BCUT2D eigenvalue weighted by Gasteiger charge is -2.04. The third-order valence-electron chi connectivity index (χ3n) is 5.09. The first kappa shape index (κ1) is 21.5. The van der Waals surface area contributed by atoms with Crippen molar-refractivity contribution in [1.82, 2.24) is 0 Å². The van der Waals surface area contributed by atoms with Crippen LogP contribution in [0.25, 0.3) is 0 Å². The summed E-state index contributed by atoms with van der Waals surface area (Å²) in [5, 5.41) is 2.03. The fraction of sp³-hybridized carbons (Fsp3) is 0.455. The molecule has 1 saturated carbocycles. The van der Waals surface area contributed by atoms with Crippen molar-refractivity contribution in [3.63, 3.8) is 0 Å². The van der Waals surface area contributed by atoms with Crippen molar-refractivity contribution < 1.29 is 19.1 Å². The second-order valence-electron chi connectivity index (χ2n) is 7.35. The molecule has 3 heterocycles. The predicted molar refractivity (Wildman–Crippen MR) is 113 cm³/mol. The van der Waals surface area contributed by atoms with Crippen LogP contribution in [-0.2, 0) is 20.7 Å². The van der Waals surface area contributed by atoms with E-state index in [1.807, 2.05) is 29.6 Å². The fourth-order valence-electron chi connectivity index (χ4n) is 3.31. The minimum Gasteiger partial charge on any atom is -0.375 e. The molecule has 4 N–H and O–H groups in total. The minimum atomic E-state index is -0.359. The number of hydrogen-bond donors (Lipinski definition) is 2. The van der Waals surface area contributed by atoms with E-state index in [2.05, 4.69) is 6.07 Å². The van der Waals surface area contributed by atoms with Crippen molar-refractivity contribution in [2.45, 2.75) is 44.3 Å². The Hall–Kier alpha value is -2.22. The lowest BCUT2D eigenvalue weighted by atomic mass is 10.0. The third-order valence-corrected chi connectivity index (χ3v) is 5.97. The molecular formula is C22H28N2O4S. The topological polar surface area (TPSA) is 105 Å². The molecule has 2 aromatic rings.